The van der Waals surface area contributed by atoms with E-state index in [4.69, 9.17) is 10.5 Å². The molecule has 0 aromatic heterocycles. The topological polar surface area (TPSA) is 81.4 Å². The molecule has 0 fully saturated rings. The first-order valence-corrected chi connectivity index (χ1v) is 7.18. The molecule has 0 heterocycles. The maximum absolute atomic E-state index is 12.9. The van der Waals surface area contributed by atoms with Gasteiger partial charge < -0.3 is 10.5 Å². The van der Waals surface area contributed by atoms with Gasteiger partial charge in [0.2, 0.25) is 10.0 Å². The van der Waals surface area contributed by atoms with Crippen LogP contribution in [0.2, 0.25) is 0 Å². The van der Waals surface area contributed by atoms with Gasteiger partial charge in [0, 0.05) is 6.07 Å². The second kappa shape index (κ2) is 6.55. The SMILES string of the molecule is COc1cc(F)ccc1NS(=O)(=O)CCCCN. The van der Waals surface area contributed by atoms with Crippen LogP contribution >= 0.6 is 0 Å². The van der Waals surface area contributed by atoms with Gasteiger partial charge in [-0.25, -0.2) is 12.8 Å². The van der Waals surface area contributed by atoms with Gasteiger partial charge in [0.15, 0.2) is 0 Å². The predicted octanol–water partition coefficient (Wildman–Crippen LogP) is 1.31. The fraction of sp³-hybridized carbons (Fsp3) is 0.455. The third-order valence-electron chi connectivity index (χ3n) is 2.30. The molecular formula is C11H17FN2O3S. The largest absolute Gasteiger partial charge is 0.494 e. The molecule has 0 aliphatic carbocycles. The van der Waals surface area contributed by atoms with Crippen LogP contribution in [0.1, 0.15) is 12.8 Å². The van der Waals surface area contributed by atoms with Crippen LogP contribution < -0.4 is 15.2 Å². The van der Waals surface area contributed by atoms with Crippen LogP contribution in [-0.4, -0.2) is 27.8 Å². The molecule has 1 aromatic carbocycles. The standard InChI is InChI=1S/C11H17FN2O3S/c1-17-11-8-9(12)4-5-10(11)14-18(15,16)7-3-2-6-13/h4-5,8,14H,2-3,6-7,13H2,1H3. The first-order chi connectivity index (χ1) is 8.48. The minimum atomic E-state index is -3.46. The number of sulfonamides is 1. The van der Waals surface area contributed by atoms with Crippen LogP contribution in [0, 0.1) is 5.82 Å². The zero-order chi connectivity index (χ0) is 13.6. The zero-order valence-electron chi connectivity index (χ0n) is 10.1. The number of unbranched alkanes of at least 4 members (excludes halogenated alkanes) is 1. The number of methoxy groups -OCH3 is 1. The van der Waals surface area contributed by atoms with E-state index in [0.29, 0.717) is 19.4 Å². The van der Waals surface area contributed by atoms with E-state index in [0.717, 1.165) is 6.07 Å². The van der Waals surface area contributed by atoms with Gasteiger partial charge in [0.25, 0.3) is 0 Å². The first kappa shape index (κ1) is 14.7. The number of rotatable bonds is 7. The second-order valence-electron chi connectivity index (χ2n) is 3.76. The van der Waals surface area contributed by atoms with Crippen molar-refractivity contribution in [3.05, 3.63) is 24.0 Å². The van der Waals surface area contributed by atoms with Crippen molar-refractivity contribution in [2.24, 2.45) is 5.73 Å². The summed E-state index contributed by atoms with van der Waals surface area (Å²) in [6.45, 7) is 0.454. The lowest BCUT2D eigenvalue weighted by molar-refractivity contribution is 0.413. The molecule has 18 heavy (non-hydrogen) atoms. The van der Waals surface area contributed by atoms with Crippen LogP contribution in [0.4, 0.5) is 10.1 Å². The molecule has 0 radical (unpaired) electrons. The molecule has 102 valence electrons. The highest BCUT2D eigenvalue weighted by atomic mass is 32.2. The summed E-state index contributed by atoms with van der Waals surface area (Å²) in [6, 6.07) is 3.62. The highest BCUT2D eigenvalue weighted by Gasteiger charge is 2.13. The van der Waals surface area contributed by atoms with Crippen LogP contribution in [-0.2, 0) is 10.0 Å². The second-order valence-corrected chi connectivity index (χ2v) is 5.60. The molecule has 0 bridgehead atoms. The average Bonchev–Trinajstić information content (AvgIpc) is 2.31. The molecule has 1 aromatic rings. The number of nitrogens with one attached hydrogen (secondary N) is 1. The first-order valence-electron chi connectivity index (χ1n) is 5.52. The van der Waals surface area contributed by atoms with E-state index in [1.165, 1.54) is 19.2 Å². The van der Waals surface area contributed by atoms with Gasteiger partial charge in [0.05, 0.1) is 18.6 Å². The summed E-state index contributed by atoms with van der Waals surface area (Å²) in [4.78, 5) is 0. The number of hydrogen-bond acceptors (Lipinski definition) is 4. The Bertz CT molecular complexity index is 491. The highest BCUT2D eigenvalue weighted by Crippen LogP contribution is 2.26. The smallest absolute Gasteiger partial charge is 0.232 e. The van der Waals surface area contributed by atoms with Crippen molar-refractivity contribution in [3.63, 3.8) is 0 Å². The number of anilines is 1. The number of benzene rings is 1. The van der Waals surface area contributed by atoms with E-state index in [2.05, 4.69) is 4.72 Å². The maximum Gasteiger partial charge on any atom is 0.232 e. The monoisotopic (exact) mass is 276 g/mol. The van der Waals surface area contributed by atoms with Crippen molar-refractivity contribution in [1.29, 1.82) is 0 Å². The van der Waals surface area contributed by atoms with Crippen LogP contribution in [0.25, 0.3) is 0 Å². The Morgan fingerprint density at radius 1 is 1.39 bits per heavy atom. The maximum atomic E-state index is 12.9. The Balaban J connectivity index is 2.77. The fourth-order valence-electron chi connectivity index (χ4n) is 1.40. The minimum Gasteiger partial charge on any atom is -0.494 e. The molecule has 0 saturated heterocycles. The third kappa shape index (κ3) is 4.50. The lowest BCUT2D eigenvalue weighted by atomic mass is 10.3. The van der Waals surface area contributed by atoms with E-state index in [1.54, 1.807) is 0 Å². The zero-order valence-corrected chi connectivity index (χ0v) is 11.0. The van der Waals surface area contributed by atoms with Gasteiger partial charge in [-0.05, 0) is 31.5 Å². The number of ether oxygens (including phenoxy) is 1. The van der Waals surface area contributed by atoms with Crippen LogP contribution in [0.5, 0.6) is 5.75 Å². The van der Waals surface area contributed by atoms with Crippen LogP contribution in [0.15, 0.2) is 18.2 Å². The molecule has 3 N–H and O–H groups in total. The van der Waals surface area contributed by atoms with Gasteiger partial charge in [-0.3, -0.25) is 4.72 Å². The van der Waals surface area contributed by atoms with E-state index >= 15 is 0 Å². The Kier molecular flexibility index (Phi) is 5.36. The van der Waals surface area contributed by atoms with Crippen molar-refractivity contribution in [2.45, 2.75) is 12.8 Å². The Morgan fingerprint density at radius 2 is 2.11 bits per heavy atom. The van der Waals surface area contributed by atoms with Crippen molar-refractivity contribution < 1.29 is 17.5 Å². The number of hydrogen-bond donors (Lipinski definition) is 2. The minimum absolute atomic E-state index is 0.0231. The Hall–Kier alpha value is -1.34. The van der Waals surface area contributed by atoms with E-state index in [-0.39, 0.29) is 17.2 Å². The molecule has 0 spiro atoms. The molecule has 7 heteroatoms. The summed E-state index contributed by atoms with van der Waals surface area (Å²) in [5, 5.41) is 0. The normalized spacial score (nSPS) is 11.3. The lowest BCUT2D eigenvalue weighted by Gasteiger charge is -2.11. The average molecular weight is 276 g/mol. The van der Waals surface area contributed by atoms with Gasteiger partial charge in [-0.15, -0.1) is 0 Å². The molecule has 0 amide bonds. The van der Waals surface area contributed by atoms with Crippen molar-refractivity contribution in [1.82, 2.24) is 0 Å². The van der Waals surface area contributed by atoms with Crippen molar-refractivity contribution in [3.8, 4) is 5.75 Å². The summed E-state index contributed by atoms with van der Waals surface area (Å²) in [7, 11) is -2.11. The quantitative estimate of drug-likeness (QED) is 0.736. The molecular weight excluding hydrogens is 259 g/mol. The van der Waals surface area contributed by atoms with Gasteiger partial charge in [-0.2, -0.15) is 0 Å². The van der Waals surface area contributed by atoms with Crippen molar-refractivity contribution in [2.75, 3.05) is 24.1 Å². The van der Waals surface area contributed by atoms with Gasteiger partial charge in [-0.1, -0.05) is 0 Å². The van der Waals surface area contributed by atoms with Gasteiger partial charge in [0.1, 0.15) is 11.6 Å². The molecule has 5 nitrogen and oxygen atoms in total. The molecule has 0 atom stereocenters. The molecule has 0 unspecified atom stereocenters. The summed E-state index contributed by atoms with van der Waals surface area (Å²) < 4.78 is 43.7. The fourth-order valence-corrected chi connectivity index (χ4v) is 2.59. The van der Waals surface area contributed by atoms with E-state index in [1.807, 2.05) is 0 Å². The molecule has 0 saturated carbocycles. The Morgan fingerprint density at radius 3 is 2.72 bits per heavy atom. The van der Waals surface area contributed by atoms with E-state index in [9.17, 15) is 12.8 Å². The van der Waals surface area contributed by atoms with E-state index < -0.39 is 15.8 Å². The molecule has 1 rings (SSSR count). The van der Waals surface area contributed by atoms with Gasteiger partial charge >= 0.3 is 0 Å². The number of nitrogens with two attached hydrogens (primary N) is 1. The van der Waals surface area contributed by atoms with Crippen molar-refractivity contribution >= 4 is 15.7 Å². The summed E-state index contributed by atoms with van der Waals surface area (Å²) in [6.07, 6.45) is 1.12. The molecule has 0 aliphatic rings. The summed E-state index contributed by atoms with van der Waals surface area (Å²) >= 11 is 0. The van der Waals surface area contributed by atoms with Crippen LogP contribution in [0.3, 0.4) is 0 Å². The summed E-state index contributed by atoms with van der Waals surface area (Å²) in [5.41, 5.74) is 5.52. The predicted molar refractivity (Wildman–Crippen MR) is 68.6 cm³/mol. The summed E-state index contributed by atoms with van der Waals surface area (Å²) in [5.74, 6) is -0.361. The molecule has 0 aliphatic heterocycles. The number of halogens is 1. The Labute approximate surface area is 106 Å². The lowest BCUT2D eigenvalue weighted by Crippen LogP contribution is -2.18. The highest BCUT2D eigenvalue weighted by molar-refractivity contribution is 7.92. The third-order valence-corrected chi connectivity index (χ3v) is 3.65.